The maximum atomic E-state index is 8.71. The summed E-state index contributed by atoms with van der Waals surface area (Å²) in [7, 11) is -1.59. The lowest BCUT2D eigenvalue weighted by Gasteiger charge is -2.36. The van der Waals surface area contributed by atoms with Gasteiger partial charge in [0.1, 0.15) is 0 Å². The van der Waals surface area contributed by atoms with E-state index in [1.165, 1.54) is 3.58 Å². The summed E-state index contributed by atoms with van der Waals surface area (Å²) in [5, 5.41) is 8.99. The monoisotopic (exact) mass is 342 g/mol. The third kappa shape index (κ3) is 6.04. The molecule has 2 nitrogen and oxygen atoms in total. The summed E-state index contributed by atoms with van der Waals surface area (Å²) >= 11 is 2.25. The van der Waals surface area contributed by atoms with Crippen molar-refractivity contribution < 1.29 is 9.53 Å². The predicted molar refractivity (Wildman–Crippen MR) is 77.0 cm³/mol. The normalized spacial score (nSPS) is 14.5. The molecule has 15 heavy (non-hydrogen) atoms. The fourth-order valence-electron chi connectivity index (χ4n) is 0.821. The zero-order valence-corrected chi connectivity index (χ0v) is 13.6. The molecule has 0 heterocycles. The summed E-state index contributed by atoms with van der Waals surface area (Å²) in [4.78, 5) is 0. The molecule has 90 valence electrons. The van der Waals surface area contributed by atoms with Crippen molar-refractivity contribution >= 4 is 30.9 Å². The summed E-state index contributed by atoms with van der Waals surface area (Å²) < 4.78 is 7.20. The van der Waals surface area contributed by atoms with Crippen molar-refractivity contribution in [3.63, 3.8) is 0 Å². The van der Waals surface area contributed by atoms with Gasteiger partial charge in [0.25, 0.3) is 0 Å². The number of halogens is 1. The van der Waals surface area contributed by atoms with E-state index < -0.39 is 8.32 Å². The highest BCUT2D eigenvalue weighted by atomic mass is 127. The Morgan fingerprint density at radius 3 is 2.33 bits per heavy atom. The van der Waals surface area contributed by atoms with Gasteiger partial charge in [0.2, 0.25) is 0 Å². The lowest BCUT2D eigenvalue weighted by atomic mass is 10.2. The second kappa shape index (κ2) is 6.37. The Morgan fingerprint density at radius 1 is 1.40 bits per heavy atom. The lowest BCUT2D eigenvalue weighted by molar-refractivity contribution is 0.293. The fraction of sp³-hybridized carbons (Fsp3) is 0.818. The molecule has 0 radical (unpaired) electrons. The van der Waals surface area contributed by atoms with E-state index in [2.05, 4.69) is 56.5 Å². The van der Waals surface area contributed by atoms with Crippen LogP contribution in [-0.4, -0.2) is 26.6 Å². The summed E-state index contributed by atoms with van der Waals surface area (Å²) in [5.41, 5.74) is 0. The van der Waals surface area contributed by atoms with Gasteiger partial charge in [-0.1, -0.05) is 20.8 Å². The third-order valence-corrected chi connectivity index (χ3v) is 8.44. The zero-order chi connectivity index (χ0) is 12.1. The molecule has 0 rings (SSSR count). The van der Waals surface area contributed by atoms with E-state index >= 15 is 0 Å². The smallest absolute Gasteiger partial charge is 0.191 e. The van der Waals surface area contributed by atoms with E-state index in [9.17, 15) is 0 Å². The van der Waals surface area contributed by atoms with Crippen molar-refractivity contribution in [3.05, 3.63) is 9.66 Å². The van der Waals surface area contributed by atoms with Crippen LogP contribution < -0.4 is 0 Å². The molecule has 0 aliphatic heterocycles. The van der Waals surface area contributed by atoms with Crippen molar-refractivity contribution in [3.8, 4) is 0 Å². The molecule has 1 N–H and O–H groups in total. The van der Waals surface area contributed by atoms with E-state index in [4.69, 9.17) is 9.53 Å². The fourth-order valence-corrected chi connectivity index (χ4v) is 2.28. The largest absolute Gasteiger partial charge is 0.416 e. The highest BCUT2D eigenvalue weighted by Gasteiger charge is 2.36. The highest BCUT2D eigenvalue weighted by molar-refractivity contribution is 14.1. The Labute approximate surface area is 108 Å². The quantitative estimate of drug-likeness (QED) is 0.610. The SMILES string of the molecule is CC(C)(C)[Si](C)(C)OCC/C(I)=C/CO. The predicted octanol–water partition coefficient (Wildman–Crippen LogP) is 3.71. The third-order valence-electron chi connectivity index (χ3n) is 2.92. The van der Waals surface area contributed by atoms with Crippen LogP contribution in [0.2, 0.25) is 18.1 Å². The van der Waals surface area contributed by atoms with Crippen molar-refractivity contribution in [1.29, 1.82) is 0 Å². The van der Waals surface area contributed by atoms with Gasteiger partial charge < -0.3 is 9.53 Å². The van der Waals surface area contributed by atoms with Crippen LogP contribution in [0.4, 0.5) is 0 Å². The molecule has 0 atom stereocenters. The van der Waals surface area contributed by atoms with Crippen molar-refractivity contribution in [2.75, 3.05) is 13.2 Å². The van der Waals surface area contributed by atoms with Gasteiger partial charge >= 0.3 is 0 Å². The summed E-state index contributed by atoms with van der Waals surface area (Å²) in [6, 6.07) is 0. The molecule has 0 unspecified atom stereocenters. The van der Waals surface area contributed by atoms with Gasteiger partial charge in [0.15, 0.2) is 8.32 Å². The van der Waals surface area contributed by atoms with Gasteiger partial charge in [-0.3, -0.25) is 0 Å². The van der Waals surface area contributed by atoms with Gasteiger partial charge in [-0.05, 0) is 50.4 Å². The molecule has 0 fully saturated rings. The first-order chi connectivity index (χ1) is 6.70. The first-order valence-corrected chi connectivity index (χ1v) is 9.29. The van der Waals surface area contributed by atoms with Crippen LogP contribution in [0, 0.1) is 0 Å². The second-order valence-corrected chi connectivity index (χ2v) is 11.4. The van der Waals surface area contributed by atoms with Gasteiger partial charge in [-0.15, -0.1) is 0 Å². The molecule has 0 aliphatic carbocycles. The Morgan fingerprint density at radius 2 is 1.93 bits per heavy atom. The molecular weight excluding hydrogens is 319 g/mol. The van der Waals surface area contributed by atoms with E-state index in [0.29, 0.717) is 0 Å². The minimum atomic E-state index is -1.59. The molecule has 0 amide bonds. The second-order valence-electron chi connectivity index (χ2n) is 5.19. The molecule has 0 saturated carbocycles. The Balaban J connectivity index is 4.01. The molecule has 4 heteroatoms. The van der Waals surface area contributed by atoms with Crippen LogP contribution in [-0.2, 0) is 4.43 Å². The molecule has 0 spiro atoms. The lowest BCUT2D eigenvalue weighted by Crippen LogP contribution is -2.40. The van der Waals surface area contributed by atoms with E-state index in [1.807, 2.05) is 6.08 Å². The van der Waals surface area contributed by atoms with Crippen LogP contribution >= 0.6 is 22.6 Å². The molecular formula is C11H23IO2Si. The van der Waals surface area contributed by atoms with Crippen LogP contribution in [0.25, 0.3) is 0 Å². The van der Waals surface area contributed by atoms with Crippen molar-refractivity contribution in [2.45, 2.75) is 45.3 Å². The van der Waals surface area contributed by atoms with Crippen LogP contribution in [0.15, 0.2) is 9.66 Å². The van der Waals surface area contributed by atoms with Crippen LogP contribution in [0.1, 0.15) is 27.2 Å². The topological polar surface area (TPSA) is 29.5 Å². The molecule has 0 aromatic rings. The average Bonchev–Trinajstić information content (AvgIpc) is 2.01. The van der Waals surface area contributed by atoms with Crippen molar-refractivity contribution in [2.24, 2.45) is 0 Å². The van der Waals surface area contributed by atoms with Gasteiger partial charge in [-0.25, -0.2) is 0 Å². The van der Waals surface area contributed by atoms with Crippen molar-refractivity contribution in [1.82, 2.24) is 0 Å². The highest BCUT2D eigenvalue weighted by Crippen LogP contribution is 2.36. The number of hydrogen-bond donors (Lipinski definition) is 1. The minimum absolute atomic E-state index is 0.123. The first kappa shape index (κ1) is 15.6. The van der Waals surface area contributed by atoms with Gasteiger partial charge in [0.05, 0.1) is 6.61 Å². The Hall–Kier alpha value is 0.607. The van der Waals surface area contributed by atoms with Gasteiger partial charge in [-0.2, -0.15) is 0 Å². The summed E-state index contributed by atoms with van der Waals surface area (Å²) in [5.74, 6) is 0. The first-order valence-electron chi connectivity index (χ1n) is 5.30. The van der Waals surface area contributed by atoms with E-state index in [-0.39, 0.29) is 11.6 Å². The van der Waals surface area contributed by atoms with E-state index in [1.54, 1.807) is 0 Å². The zero-order valence-electron chi connectivity index (χ0n) is 10.4. The maximum absolute atomic E-state index is 8.71. The molecule has 0 saturated heterocycles. The number of aliphatic hydroxyl groups excluding tert-OH is 1. The van der Waals surface area contributed by atoms with Crippen LogP contribution in [0.5, 0.6) is 0 Å². The van der Waals surface area contributed by atoms with Crippen LogP contribution in [0.3, 0.4) is 0 Å². The van der Waals surface area contributed by atoms with Gasteiger partial charge in [0, 0.05) is 13.0 Å². The molecule has 0 bridgehead atoms. The number of hydrogen-bond acceptors (Lipinski definition) is 2. The Kier molecular flexibility index (Phi) is 6.63. The van der Waals surface area contributed by atoms with E-state index in [0.717, 1.165) is 13.0 Å². The maximum Gasteiger partial charge on any atom is 0.191 e. The molecule has 0 aromatic carbocycles. The molecule has 0 aliphatic rings. The molecule has 0 aromatic heterocycles. The average molecular weight is 342 g/mol. The summed E-state index contributed by atoms with van der Waals surface area (Å²) in [6.07, 6.45) is 2.74. The number of aliphatic hydroxyl groups is 1. The minimum Gasteiger partial charge on any atom is -0.416 e. The Bertz CT molecular complexity index is 219. The summed E-state index contributed by atoms with van der Waals surface area (Å²) in [6.45, 7) is 12.1. The number of rotatable bonds is 5. The standard InChI is InChI=1S/C11H23IO2Si/c1-11(2,3)15(4,5)14-9-7-10(12)6-8-13/h6,13H,7-9H2,1-5H3/b10-6-.